The molecule has 0 aromatic carbocycles. The fourth-order valence-corrected chi connectivity index (χ4v) is 2.90. The summed E-state index contributed by atoms with van der Waals surface area (Å²) in [4.78, 5) is 18.5. The summed E-state index contributed by atoms with van der Waals surface area (Å²) in [5, 5.41) is 3.52. The van der Waals surface area contributed by atoms with E-state index in [9.17, 15) is 4.79 Å². The number of pyridine rings is 1. The number of primary amides is 1. The van der Waals surface area contributed by atoms with Crippen LogP contribution in [0.1, 0.15) is 41.7 Å². The minimum atomic E-state index is -0.391. The number of hydrogen-bond acceptors (Lipinski definition) is 4. The molecule has 20 heavy (non-hydrogen) atoms. The van der Waals surface area contributed by atoms with E-state index in [0.29, 0.717) is 17.6 Å². The van der Waals surface area contributed by atoms with Gasteiger partial charge in [-0.1, -0.05) is 0 Å². The number of nitrogens with one attached hydrogen (secondary N) is 1. The number of nitrogens with two attached hydrogens (primary N) is 1. The molecule has 1 amide bonds. The van der Waals surface area contributed by atoms with E-state index >= 15 is 0 Å². The first kappa shape index (κ1) is 13.4. The van der Waals surface area contributed by atoms with Gasteiger partial charge in [0.2, 0.25) is 0 Å². The number of carbonyl (C=O) groups excluding carboxylic acids is 1. The predicted molar refractivity (Wildman–Crippen MR) is 78.9 cm³/mol. The number of aromatic nitrogens is 1. The summed E-state index contributed by atoms with van der Waals surface area (Å²) in [5.41, 5.74) is 6.98. The Morgan fingerprint density at radius 2 is 2.25 bits per heavy atom. The second-order valence-electron chi connectivity index (χ2n) is 5.86. The number of rotatable bonds is 5. The van der Waals surface area contributed by atoms with Gasteiger partial charge in [-0.2, -0.15) is 0 Å². The Bertz CT molecular complexity index is 507. The van der Waals surface area contributed by atoms with Gasteiger partial charge in [0.15, 0.2) is 0 Å². The first-order chi connectivity index (χ1) is 9.65. The highest BCUT2D eigenvalue weighted by molar-refractivity contribution is 5.97. The highest BCUT2D eigenvalue weighted by Gasteiger charge is 2.34. The predicted octanol–water partition coefficient (Wildman–Crippen LogP) is 1.21. The fraction of sp³-hybridized carbons (Fsp3) is 0.600. The number of nitrogens with zero attached hydrogens (tertiary/aromatic N) is 2. The van der Waals surface area contributed by atoms with Crippen molar-refractivity contribution < 1.29 is 4.79 Å². The van der Waals surface area contributed by atoms with Crippen LogP contribution in [0.15, 0.2) is 12.1 Å². The molecule has 0 bridgehead atoms. The zero-order valence-electron chi connectivity index (χ0n) is 11.9. The summed E-state index contributed by atoms with van der Waals surface area (Å²) < 4.78 is 0. The molecule has 0 spiro atoms. The molecule has 5 heteroatoms. The summed E-state index contributed by atoms with van der Waals surface area (Å²) in [6.07, 6.45) is 4.79. The van der Waals surface area contributed by atoms with Gasteiger partial charge in [0.1, 0.15) is 5.82 Å². The van der Waals surface area contributed by atoms with Crippen molar-refractivity contribution in [3.8, 4) is 0 Å². The Balaban J connectivity index is 1.89. The van der Waals surface area contributed by atoms with Gasteiger partial charge in [0.25, 0.3) is 5.91 Å². The van der Waals surface area contributed by atoms with Crippen LogP contribution in [-0.2, 0) is 0 Å². The molecule has 2 heterocycles. The first-order valence-corrected chi connectivity index (χ1v) is 7.42. The molecule has 1 saturated carbocycles. The topological polar surface area (TPSA) is 71.2 Å². The van der Waals surface area contributed by atoms with E-state index in [0.717, 1.165) is 24.6 Å². The molecular formula is C15H22N4O. The monoisotopic (exact) mass is 274 g/mol. The van der Waals surface area contributed by atoms with Gasteiger partial charge >= 0.3 is 0 Å². The minimum Gasteiger partial charge on any atom is -0.365 e. The molecule has 108 valence electrons. The Morgan fingerprint density at radius 3 is 2.85 bits per heavy atom. The lowest BCUT2D eigenvalue weighted by Crippen LogP contribution is -2.40. The molecule has 1 aromatic rings. The fourth-order valence-electron chi connectivity index (χ4n) is 2.90. The summed E-state index contributed by atoms with van der Waals surface area (Å²) in [5.74, 6) is 0.381. The van der Waals surface area contributed by atoms with Crippen LogP contribution in [0.4, 0.5) is 5.82 Å². The van der Waals surface area contributed by atoms with E-state index in [-0.39, 0.29) is 0 Å². The van der Waals surface area contributed by atoms with Crippen LogP contribution >= 0.6 is 0 Å². The SMILES string of the molecule is Cc1ccc(C(N)=O)c(N(CC2CCCN2)C2CC2)n1. The van der Waals surface area contributed by atoms with Crippen LogP contribution in [-0.4, -0.2) is 36.1 Å². The number of aryl methyl sites for hydroxylation is 1. The van der Waals surface area contributed by atoms with Gasteiger partial charge in [-0.05, 0) is 51.3 Å². The summed E-state index contributed by atoms with van der Waals surface area (Å²) >= 11 is 0. The second kappa shape index (κ2) is 5.40. The van der Waals surface area contributed by atoms with Crippen LogP contribution in [0.5, 0.6) is 0 Å². The average Bonchev–Trinajstić information content (AvgIpc) is 3.12. The van der Waals surface area contributed by atoms with E-state index < -0.39 is 5.91 Å². The van der Waals surface area contributed by atoms with Crippen molar-refractivity contribution in [3.63, 3.8) is 0 Å². The third kappa shape index (κ3) is 2.77. The third-order valence-electron chi connectivity index (χ3n) is 4.12. The zero-order chi connectivity index (χ0) is 14.1. The van der Waals surface area contributed by atoms with Gasteiger partial charge in [-0.3, -0.25) is 4.79 Å². The standard InChI is InChI=1S/C15H22N4O/c1-10-4-7-13(14(16)20)15(18-10)19(12-5-6-12)9-11-3-2-8-17-11/h4,7,11-12,17H,2-3,5-6,8-9H2,1H3,(H2,16,20). The summed E-state index contributed by atoms with van der Waals surface area (Å²) in [6.45, 7) is 3.96. The Hall–Kier alpha value is -1.62. The maximum atomic E-state index is 11.7. The lowest BCUT2D eigenvalue weighted by Gasteiger charge is -2.28. The van der Waals surface area contributed by atoms with E-state index in [2.05, 4.69) is 15.2 Å². The smallest absolute Gasteiger partial charge is 0.252 e. The van der Waals surface area contributed by atoms with Gasteiger partial charge in [0.05, 0.1) is 5.56 Å². The average molecular weight is 274 g/mol. The molecule has 1 atom stereocenters. The van der Waals surface area contributed by atoms with Crippen molar-refractivity contribution in [2.45, 2.75) is 44.7 Å². The zero-order valence-corrected chi connectivity index (χ0v) is 11.9. The van der Waals surface area contributed by atoms with Gasteiger partial charge in [-0.25, -0.2) is 4.98 Å². The molecular weight excluding hydrogens is 252 g/mol. The van der Waals surface area contributed by atoms with Gasteiger partial charge in [-0.15, -0.1) is 0 Å². The molecule has 2 fully saturated rings. The molecule has 1 saturated heterocycles. The number of amides is 1. The first-order valence-electron chi connectivity index (χ1n) is 7.42. The summed E-state index contributed by atoms with van der Waals surface area (Å²) in [6, 6.07) is 4.67. The van der Waals surface area contributed by atoms with Gasteiger partial charge < -0.3 is 16.0 Å². The largest absolute Gasteiger partial charge is 0.365 e. The molecule has 3 N–H and O–H groups in total. The van der Waals surface area contributed by atoms with Crippen LogP contribution in [0.3, 0.4) is 0 Å². The van der Waals surface area contributed by atoms with Crippen molar-refractivity contribution in [1.29, 1.82) is 0 Å². The van der Waals surface area contributed by atoms with E-state index in [1.54, 1.807) is 6.07 Å². The Morgan fingerprint density at radius 1 is 1.45 bits per heavy atom. The van der Waals surface area contributed by atoms with Crippen LogP contribution in [0.25, 0.3) is 0 Å². The molecule has 1 unspecified atom stereocenters. The van der Waals surface area contributed by atoms with Crippen molar-refractivity contribution >= 4 is 11.7 Å². The van der Waals surface area contributed by atoms with Crippen molar-refractivity contribution in [3.05, 3.63) is 23.4 Å². The Labute approximate surface area is 119 Å². The van der Waals surface area contributed by atoms with Crippen molar-refractivity contribution in [2.24, 2.45) is 5.73 Å². The van der Waals surface area contributed by atoms with Crippen LogP contribution in [0, 0.1) is 6.92 Å². The molecule has 0 radical (unpaired) electrons. The maximum Gasteiger partial charge on any atom is 0.252 e. The quantitative estimate of drug-likeness (QED) is 0.846. The lowest BCUT2D eigenvalue weighted by molar-refractivity contribution is 0.100. The van der Waals surface area contributed by atoms with Crippen molar-refractivity contribution in [1.82, 2.24) is 10.3 Å². The maximum absolute atomic E-state index is 11.7. The molecule has 1 aliphatic heterocycles. The number of carbonyl (C=O) groups is 1. The number of anilines is 1. The van der Waals surface area contributed by atoms with Crippen molar-refractivity contribution in [2.75, 3.05) is 18.0 Å². The van der Waals surface area contributed by atoms with E-state index in [1.165, 1.54) is 25.7 Å². The molecule has 2 aliphatic rings. The van der Waals surface area contributed by atoms with E-state index in [1.807, 2.05) is 13.0 Å². The molecule has 1 aromatic heterocycles. The Kier molecular flexibility index (Phi) is 3.61. The third-order valence-corrected chi connectivity index (χ3v) is 4.12. The van der Waals surface area contributed by atoms with E-state index in [4.69, 9.17) is 5.73 Å². The molecule has 3 rings (SSSR count). The van der Waals surface area contributed by atoms with Gasteiger partial charge in [0, 0.05) is 24.3 Å². The highest BCUT2D eigenvalue weighted by Crippen LogP contribution is 2.33. The molecule has 5 nitrogen and oxygen atoms in total. The lowest BCUT2D eigenvalue weighted by atomic mass is 10.1. The van der Waals surface area contributed by atoms with Crippen LogP contribution in [0.2, 0.25) is 0 Å². The second-order valence-corrected chi connectivity index (χ2v) is 5.86. The molecule has 1 aliphatic carbocycles. The summed E-state index contributed by atoms with van der Waals surface area (Å²) in [7, 11) is 0. The van der Waals surface area contributed by atoms with Crippen LogP contribution < -0.4 is 16.0 Å². The number of hydrogen-bond donors (Lipinski definition) is 2. The highest BCUT2D eigenvalue weighted by atomic mass is 16.1. The normalized spacial score (nSPS) is 21.9. The minimum absolute atomic E-state index is 0.391.